The topological polar surface area (TPSA) is 80.2 Å². The average molecular weight is 387 g/mol. The monoisotopic (exact) mass is 387 g/mol. The molecule has 0 saturated carbocycles. The van der Waals surface area contributed by atoms with Crippen molar-refractivity contribution in [2.75, 3.05) is 26.8 Å². The van der Waals surface area contributed by atoms with E-state index in [1.807, 2.05) is 11.1 Å². The predicted molar refractivity (Wildman–Crippen MR) is 108 cm³/mol. The minimum atomic E-state index is -0.0106. The number of benzene rings is 1. The molecule has 2 aliphatic rings. The number of carbonyl (C=O) groups is 2. The molecular formula is C21H29N3O4. The van der Waals surface area contributed by atoms with Crippen LogP contribution in [0.2, 0.25) is 0 Å². The molecule has 1 fully saturated rings. The van der Waals surface area contributed by atoms with E-state index in [-0.39, 0.29) is 17.9 Å². The summed E-state index contributed by atoms with van der Waals surface area (Å²) in [6.07, 6.45) is 6.89. The van der Waals surface area contributed by atoms with Crippen LogP contribution < -0.4 is 14.8 Å². The highest BCUT2D eigenvalue weighted by Crippen LogP contribution is 2.38. The van der Waals surface area contributed by atoms with E-state index in [4.69, 9.17) is 9.47 Å². The molecule has 0 radical (unpaired) electrons. The van der Waals surface area contributed by atoms with Crippen molar-refractivity contribution in [1.82, 2.24) is 10.2 Å². The Kier molecular flexibility index (Phi) is 6.90. The lowest BCUT2D eigenvalue weighted by molar-refractivity contribution is -0.121. The third-order valence-corrected chi connectivity index (χ3v) is 5.12. The van der Waals surface area contributed by atoms with Gasteiger partial charge in [-0.25, -0.2) is 0 Å². The molecule has 1 atom stereocenters. The van der Waals surface area contributed by atoms with E-state index in [1.54, 1.807) is 19.2 Å². The van der Waals surface area contributed by atoms with Crippen LogP contribution in [0.5, 0.6) is 11.5 Å². The van der Waals surface area contributed by atoms with Crippen LogP contribution in [-0.4, -0.2) is 55.8 Å². The fraction of sp³-hybridized carbons (Fsp3) is 0.571. The van der Waals surface area contributed by atoms with Gasteiger partial charge in [0.05, 0.1) is 31.0 Å². The molecule has 3 rings (SSSR count). The molecule has 2 heterocycles. The first-order valence-electron chi connectivity index (χ1n) is 10.1. The quantitative estimate of drug-likeness (QED) is 0.660. The second kappa shape index (κ2) is 9.57. The first kappa shape index (κ1) is 20.2. The third-order valence-electron chi connectivity index (χ3n) is 5.12. The average Bonchev–Trinajstić information content (AvgIpc) is 3.13. The number of hydrogen-bond donors (Lipinski definition) is 1. The number of carbonyl (C=O) groups excluding carboxylic acids is 2. The second-order valence-corrected chi connectivity index (χ2v) is 7.16. The zero-order valence-corrected chi connectivity index (χ0v) is 16.7. The second-order valence-electron chi connectivity index (χ2n) is 7.16. The number of nitrogens with zero attached hydrogens (tertiary/aromatic N) is 2. The molecule has 0 unspecified atom stereocenters. The number of aliphatic imine (C=N–C) groups is 1. The maximum atomic E-state index is 12.8. The SMILES string of the molecule is CCCCNC(=O)CCCOc1cc2c(cc1OC)C(=O)N1CCC[C@H]1C=N2. The fourth-order valence-corrected chi connectivity index (χ4v) is 3.53. The molecule has 28 heavy (non-hydrogen) atoms. The molecule has 0 spiro atoms. The Morgan fingerprint density at radius 3 is 2.96 bits per heavy atom. The summed E-state index contributed by atoms with van der Waals surface area (Å²) in [4.78, 5) is 31.0. The maximum absolute atomic E-state index is 12.8. The molecule has 2 aliphatic heterocycles. The van der Waals surface area contributed by atoms with Crippen molar-refractivity contribution in [3.8, 4) is 11.5 Å². The number of rotatable bonds is 9. The third kappa shape index (κ3) is 4.64. The van der Waals surface area contributed by atoms with Crippen LogP contribution in [0.3, 0.4) is 0 Å². The van der Waals surface area contributed by atoms with Crippen molar-refractivity contribution < 1.29 is 19.1 Å². The molecule has 7 nitrogen and oxygen atoms in total. The van der Waals surface area contributed by atoms with Gasteiger partial charge >= 0.3 is 0 Å². The van der Waals surface area contributed by atoms with Crippen LogP contribution in [0.25, 0.3) is 0 Å². The molecule has 1 N–H and O–H groups in total. The van der Waals surface area contributed by atoms with Crippen LogP contribution in [-0.2, 0) is 4.79 Å². The number of nitrogens with one attached hydrogen (secondary N) is 1. The van der Waals surface area contributed by atoms with Gasteiger partial charge in [0.2, 0.25) is 5.91 Å². The molecule has 0 aliphatic carbocycles. The van der Waals surface area contributed by atoms with Gasteiger partial charge in [-0.15, -0.1) is 0 Å². The molecule has 1 aromatic rings. The predicted octanol–water partition coefficient (Wildman–Crippen LogP) is 3.09. The Hall–Kier alpha value is -2.57. The molecule has 0 bridgehead atoms. The molecule has 1 saturated heterocycles. The zero-order chi connectivity index (χ0) is 19.9. The van der Waals surface area contributed by atoms with Crippen molar-refractivity contribution in [1.29, 1.82) is 0 Å². The van der Waals surface area contributed by atoms with Crippen LogP contribution in [0.1, 0.15) is 55.8 Å². The lowest BCUT2D eigenvalue weighted by Gasteiger charge is -2.20. The summed E-state index contributed by atoms with van der Waals surface area (Å²) >= 11 is 0. The van der Waals surface area contributed by atoms with Crippen molar-refractivity contribution in [3.05, 3.63) is 17.7 Å². The summed E-state index contributed by atoms with van der Waals surface area (Å²) in [6.45, 7) is 3.97. The summed E-state index contributed by atoms with van der Waals surface area (Å²) in [6, 6.07) is 3.54. The lowest BCUT2D eigenvalue weighted by atomic mass is 10.1. The van der Waals surface area contributed by atoms with Gasteiger partial charge in [-0.2, -0.15) is 0 Å². The highest BCUT2D eigenvalue weighted by molar-refractivity contribution is 6.03. The smallest absolute Gasteiger partial charge is 0.256 e. The highest BCUT2D eigenvalue weighted by Gasteiger charge is 2.32. The van der Waals surface area contributed by atoms with Gasteiger partial charge in [-0.05, 0) is 31.7 Å². The maximum Gasteiger partial charge on any atom is 0.256 e. The van der Waals surface area contributed by atoms with Crippen LogP contribution in [0, 0.1) is 0 Å². The first-order chi connectivity index (χ1) is 13.6. The normalized spacial score (nSPS) is 17.7. The molecule has 1 aromatic carbocycles. The van der Waals surface area contributed by atoms with Crippen molar-refractivity contribution in [2.45, 2.75) is 51.5 Å². The van der Waals surface area contributed by atoms with Gasteiger partial charge in [-0.1, -0.05) is 13.3 Å². The van der Waals surface area contributed by atoms with Gasteiger partial charge < -0.3 is 19.7 Å². The zero-order valence-electron chi connectivity index (χ0n) is 16.7. The number of amides is 2. The van der Waals surface area contributed by atoms with Crippen LogP contribution in [0.15, 0.2) is 17.1 Å². The molecular weight excluding hydrogens is 358 g/mol. The Labute approximate surface area is 166 Å². The van der Waals surface area contributed by atoms with E-state index >= 15 is 0 Å². The van der Waals surface area contributed by atoms with Gasteiger partial charge in [0.1, 0.15) is 0 Å². The van der Waals surface area contributed by atoms with E-state index in [1.165, 1.54) is 0 Å². The van der Waals surface area contributed by atoms with E-state index in [0.717, 1.165) is 38.8 Å². The summed E-state index contributed by atoms with van der Waals surface area (Å²) in [5.74, 6) is 1.08. The summed E-state index contributed by atoms with van der Waals surface area (Å²) in [5.41, 5.74) is 1.15. The van der Waals surface area contributed by atoms with Gasteiger partial charge in [-0.3, -0.25) is 14.6 Å². The Balaban J connectivity index is 1.62. The van der Waals surface area contributed by atoms with Crippen molar-refractivity contribution >= 4 is 23.7 Å². The van der Waals surface area contributed by atoms with Crippen LogP contribution in [0.4, 0.5) is 5.69 Å². The van der Waals surface area contributed by atoms with Crippen molar-refractivity contribution in [3.63, 3.8) is 0 Å². The molecule has 7 heteroatoms. The summed E-state index contributed by atoms with van der Waals surface area (Å²) < 4.78 is 11.3. The van der Waals surface area contributed by atoms with Crippen molar-refractivity contribution in [2.24, 2.45) is 4.99 Å². The minimum absolute atomic E-state index is 0.0106. The molecule has 0 aromatic heterocycles. The number of methoxy groups -OCH3 is 1. The standard InChI is InChI=1S/C21H29N3O4/c1-3-4-9-22-20(25)8-6-11-28-19-13-17-16(12-18(19)27-2)21(26)24-10-5-7-15(24)14-23-17/h12-15H,3-11H2,1-2H3,(H,22,25)/t15-/m0/s1. The highest BCUT2D eigenvalue weighted by atomic mass is 16.5. The molecule has 152 valence electrons. The Bertz CT molecular complexity index is 747. The van der Waals surface area contributed by atoms with Gasteiger partial charge in [0, 0.05) is 31.8 Å². The Morgan fingerprint density at radius 1 is 1.32 bits per heavy atom. The summed E-state index contributed by atoms with van der Waals surface area (Å²) in [5, 5.41) is 2.90. The summed E-state index contributed by atoms with van der Waals surface area (Å²) in [7, 11) is 1.55. The Morgan fingerprint density at radius 2 is 2.18 bits per heavy atom. The number of hydrogen-bond acceptors (Lipinski definition) is 5. The first-order valence-corrected chi connectivity index (χ1v) is 10.1. The molecule has 2 amide bonds. The fourth-order valence-electron chi connectivity index (χ4n) is 3.53. The minimum Gasteiger partial charge on any atom is -0.493 e. The number of unbranched alkanes of at least 4 members (excludes halogenated alkanes) is 1. The van der Waals surface area contributed by atoms with Crippen LogP contribution >= 0.6 is 0 Å². The van der Waals surface area contributed by atoms with Gasteiger partial charge in [0.15, 0.2) is 11.5 Å². The van der Waals surface area contributed by atoms with E-state index < -0.39 is 0 Å². The largest absolute Gasteiger partial charge is 0.493 e. The van der Waals surface area contributed by atoms with E-state index in [2.05, 4.69) is 17.2 Å². The number of fused-ring (bicyclic) bond motifs is 2. The lowest BCUT2D eigenvalue weighted by Crippen LogP contribution is -2.35. The number of ether oxygens (including phenoxy) is 2. The van der Waals surface area contributed by atoms with E-state index in [9.17, 15) is 9.59 Å². The van der Waals surface area contributed by atoms with Gasteiger partial charge in [0.25, 0.3) is 5.91 Å². The van der Waals surface area contributed by atoms with E-state index in [0.29, 0.717) is 42.2 Å².